The molecule has 162 valence electrons. The van der Waals surface area contributed by atoms with Crippen LogP contribution in [0.2, 0.25) is 0 Å². The molecule has 0 saturated carbocycles. The van der Waals surface area contributed by atoms with Gasteiger partial charge in [-0.15, -0.1) is 0 Å². The van der Waals surface area contributed by atoms with E-state index >= 15 is 0 Å². The van der Waals surface area contributed by atoms with Crippen LogP contribution in [0, 0.1) is 5.92 Å². The van der Waals surface area contributed by atoms with Gasteiger partial charge in [-0.2, -0.15) is 4.98 Å². The number of aromatic nitrogens is 2. The number of anilines is 1. The van der Waals surface area contributed by atoms with Crippen molar-refractivity contribution in [2.75, 3.05) is 25.0 Å². The van der Waals surface area contributed by atoms with Crippen molar-refractivity contribution in [2.45, 2.75) is 26.3 Å². The Morgan fingerprint density at radius 3 is 2.87 bits per heavy atom. The highest BCUT2D eigenvalue weighted by molar-refractivity contribution is 9.10. The second kappa shape index (κ2) is 10.1. The molecule has 2 heterocycles. The van der Waals surface area contributed by atoms with Crippen molar-refractivity contribution in [3.63, 3.8) is 0 Å². The number of hydrogen-bond acceptors (Lipinski definition) is 6. The minimum Gasteiger partial charge on any atom is -0.492 e. The second-order valence-corrected chi connectivity index (χ2v) is 8.43. The van der Waals surface area contributed by atoms with E-state index in [1.54, 1.807) is 0 Å². The average Bonchev–Trinajstić information content (AvgIpc) is 3.24. The summed E-state index contributed by atoms with van der Waals surface area (Å²) in [5.74, 6) is 1.73. The highest BCUT2D eigenvalue weighted by Gasteiger charge is 2.27. The fraction of sp³-hybridized carbons (Fsp3) is 0.348. The van der Waals surface area contributed by atoms with E-state index in [2.05, 4.69) is 36.3 Å². The molecule has 1 fully saturated rings. The molecule has 1 aliphatic heterocycles. The quantitative estimate of drug-likeness (QED) is 0.521. The molecule has 1 amide bonds. The molecule has 31 heavy (non-hydrogen) atoms. The van der Waals surface area contributed by atoms with Crippen LogP contribution < -0.4 is 10.1 Å². The summed E-state index contributed by atoms with van der Waals surface area (Å²) in [6.45, 7) is 4.56. The van der Waals surface area contributed by atoms with E-state index in [-0.39, 0.29) is 11.8 Å². The van der Waals surface area contributed by atoms with Crippen LogP contribution in [0.25, 0.3) is 11.4 Å². The lowest BCUT2D eigenvalue weighted by molar-refractivity contribution is -0.121. The van der Waals surface area contributed by atoms with Gasteiger partial charge < -0.3 is 14.6 Å². The van der Waals surface area contributed by atoms with Crippen molar-refractivity contribution < 1.29 is 14.1 Å². The van der Waals surface area contributed by atoms with Gasteiger partial charge in [0.1, 0.15) is 5.75 Å². The van der Waals surface area contributed by atoms with Gasteiger partial charge in [0.05, 0.1) is 24.8 Å². The molecule has 0 spiro atoms. The monoisotopic (exact) mass is 484 g/mol. The zero-order valence-electron chi connectivity index (χ0n) is 17.4. The summed E-state index contributed by atoms with van der Waals surface area (Å²) in [7, 11) is 0. The van der Waals surface area contributed by atoms with Crippen molar-refractivity contribution in [3.8, 4) is 17.1 Å². The van der Waals surface area contributed by atoms with Crippen LogP contribution in [-0.2, 0) is 11.3 Å². The van der Waals surface area contributed by atoms with Crippen molar-refractivity contribution in [1.82, 2.24) is 15.0 Å². The third kappa shape index (κ3) is 5.51. The maximum Gasteiger partial charge on any atom is 0.241 e. The zero-order valence-corrected chi connectivity index (χ0v) is 19.0. The number of nitrogens with one attached hydrogen (secondary N) is 1. The van der Waals surface area contributed by atoms with Gasteiger partial charge in [-0.1, -0.05) is 33.2 Å². The van der Waals surface area contributed by atoms with E-state index < -0.39 is 0 Å². The number of para-hydroxylation sites is 2. The van der Waals surface area contributed by atoms with E-state index in [9.17, 15) is 4.79 Å². The van der Waals surface area contributed by atoms with Crippen molar-refractivity contribution >= 4 is 27.5 Å². The smallest absolute Gasteiger partial charge is 0.241 e. The first-order valence-corrected chi connectivity index (χ1v) is 11.2. The van der Waals surface area contributed by atoms with Gasteiger partial charge in [-0.05, 0) is 62.7 Å². The highest BCUT2D eigenvalue weighted by Crippen LogP contribution is 2.26. The number of amides is 1. The molecule has 1 aliphatic rings. The van der Waals surface area contributed by atoms with Crippen LogP contribution in [0.15, 0.2) is 57.5 Å². The standard InChI is InChI=1S/C23H25BrN4O3/c1-2-30-20-8-4-3-7-19(20)25-23(29)17-6-5-13-28(14-17)15-21-26-22(27-31-21)16-9-11-18(24)12-10-16/h3-4,7-12,17H,2,5-6,13-15H2,1H3,(H,25,29). The minimum absolute atomic E-state index is 0.0120. The van der Waals surface area contributed by atoms with Crippen molar-refractivity contribution in [3.05, 3.63) is 58.9 Å². The number of carbonyl (C=O) groups excluding carboxylic acids is 1. The van der Waals surface area contributed by atoms with E-state index in [1.807, 2.05) is 55.5 Å². The summed E-state index contributed by atoms with van der Waals surface area (Å²) < 4.78 is 12.1. The lowest BCUT2D eigenvalue weighted by Gasteiger charge is -2.31. The summed E-state index contributed by atoms with van der Waals surface area (Å²) >= 11 is 3.43. The Balaban J connectivity index is 1.37. The number of piperidine rings is 1. The number of rotatable bonds is 7. The van der Waals surface area contributed by atoms with Crippen molar-refractivity contribution in [2.24, 2.45) is 5.92 Å². The van der Waals surface area contributed by atoms with Crippen LogP contribution in [0.4, 0.5) is 5.69 Å². The Kier molecular flexibility index (Phi) is 6.99. The number of hydrogen-bond donors (Lipinski definition) is 1. The van der Waals surface area contributed by atoms with Crippen LogP contribution in [-0.4, -0.2) is 40.6 Å². The summed E-state index contributed by atoms with van der Waals surface area (Å²) in [4.78, 5) is 19.6. The Labute approximate surface area is 189 Å². The number of carbonyl (C=O) groups is 1. The molecule has 1 saturated heterocycles. The van der Waals surface area contributed by atoms with Crippen LogP contribution in [0.3, 0.4) is 0 Å². The Morgan fingerprint density at radius 2 is 2.06 bits per heavy atom. The normalized spacial score (nSPS) is 16.8. The van der Waals surface area contributed by atoms with Crippen LogP contribution in [0.1, 0.15) is 25.7 Å². The molecule has 7 nitrogen and oxygen atoms in total. The highest BCUT2D eigenvalue weighted by atomic mass is 79.9. The fourth-order valence-corrected chi connectivity index (χ4v) is 3.99. The van der Waals surface area contributed by atoms with Crippen molar-refractivity contribution in [1.29, 1.82) is 0 Å². The SMILES string of the molecule is CCOc1ccccc1NC(=O)C1CCCN(Cc2nc(-c3ccc(Br)cc3)no2)C1. The van der Waals surface area contributed by atoms with Gasteiger partial charge in [0, 0.05) is 16.6 Å². The minimum atomic E-state index is -0.0997. The second-order valence-electron chi connectivity index (χ2n) is 7.51. The molecule has 1 aromatic heterocycles. The number of likely N-dealkylation sites (tertiary alicyclic amines) is 1. The molecule has 1 N–H and O–H groups in total. The molecule has 0 aliphatic carbocycles. The lowest BCUT2D eigenvalue weighted by Crippen LogP contribution is -2.40. The molecule has 8 heteroatoms. The first-order valence-electron chi connectivity index (χ1n) is 10.5. The topological polar surface area (TPSA) is 80.5 Å². The van der Waals surface area contributed by atoms with E-state index in [1.165, 1.54) is 0 Å². The Hall–Kier alpha value is -2.71. The molecular formula is C23H25BrN4O3. The molecule has 3 aromatic rings. The fourth-order valence-electron chi connectivity index (χ4n) is 3.73. The Bertz CT molecular complexity index is 1020. The largest absolute Gasteiger partial charge is 0.492 e. The van der Waals surface area contributed by atoms with Gasteiger partial charge in [0.15, 0.2) is 0 Å². The number of halogens is 1. The first kappa shape index (κ1) is 21.5. The maximum absolute atomic E-state index is 12.9. The maximum atomic E-state index is 12.9. The summed E-state index contributed by atoms with van der Waals surface area (Å²) in [6, 6.07) is 15.3. The first-order chi connectivity index (χ1) is 15.1. The predicted molar refractivity (Wildman–Crippen MR) is 122 cm³/mol. The van der Waals surface area contributed by atoms with E-state index in [0.29, 0.717) is 42.8 Å². The molecule has 0 radical (unpaired) electrons. The van der Waals surface area contributed by atoms with Crippen LogP contribution >= 0.6 is 15.9 Å². The van der Waals surface area contributed by atoms with Gasteiger partial charge in [-0.25, -0.2) is 0 Å². The van der Waals surface area contributed by atoms with Gasteiger partial charge in [0.2, 0.25) is 17.6 Å². The number of benzene rings is 2. The zero-order chi connectivity index (χ0) is 21.6. The number of ether oxygens (including phenoxy) is 1. The molecule has 0 bridgehead atoms. The molecule has 1 atom stereocenters. The lowest BCUT2D eigenvalue weighted by atomic mass is 9.97. The van der Waals surface area contributed by atoms with Gasteiger partial charge >= 0.3 is 0 Å². The molecule has 2 aromatic carbocycles. The molecule has 1 unspecified atom stereocenters. The molecule has 4 rings (SSSR count). The molecular weight excluding hydrogens is 460 g/mol. The average molecular weight is 485 g/mol. The summed E-state index contributed by atoms with van der Waals surface area (Å²) in [6.07, 6.45) is 1.80. The summed E-state index contributed by atoms with van der Waals surface area (Å²) in [5, 5.41) is 7.13. The number of nitrogens with zero attached hydrogens (tertiary/aromatic N) is 3. The van der Waals surface area contributed by atoms with Crippen LogP contribution in [0.5, 0.6) is 5.75 Å². The third-order valence-corrected chi connectivity index (χ3v) is 5.78. The van der Waals surface area contributed by atoms with E-state index in [0.717, 1.165) is 29.4 Å². The van der Waals surface area contributed by atoms with E-state index in [4.69, 9.17) is 9.26 Å². The summed E-state index contributed by atoms with van der Waals surface area (Å²) in [5.41, 5.74) is 1.62. The third-order valence-electron chi connectivity index (χ3n) is 5.25. The van der Waals surface area contributed by atoms with Gasteiger partial charge in [-0.3, -0.25) is 9.69 Å². The predicted octanol–water partition coefficient (Wildman–Crippen LogP) is 4.75. The van der Waals surface area contributed by atoms with Gasteiger partial charge in [0.25, 0.3) is 0 Å². The Morgan fingerprint density at radius 1 is 1.26 bits per heavy atom.